The molecule has 1 aliphatic heterocycles. The highest BCUT2D eigenvalue weighted by atomic mass is 19.2. The molecule has 0 aliphatic carbocycles. The molecule has 0 saturated carbocycles. The lowest BCUT2D eigenvalue weighted by Gasteiger charge is -2.18. The minimum absolute atomic E-state index is 0.348. The predicted octanol–water partition coefficient (Wildman–Crippen LogP) is 1.48. The third-order valence-corrected chi connectivity index (χ3v) is 2.56. The number of benzene rings is 1. The minimum atomic E-state index is -2.29. The molecule has 1 saturated heterocycles. The molecule has 1 unspecified atom stereocenters. The van der Waals surface area contributed by atoms with Crippen molar-refractivity contribution in [3.63, 3.8) is 0 Å². The number of carbonyl (C=O) groups excluding carboxylic acids is 1. The first-order valence-electron chi connectivity index (χ1n) is 4.84. The van der Waals surface area contributed by atoms with Gasteiger partial charge in [0.05, 0.1) is 19.1 Å². The van der Waals surface area contributed by atoms with Crippen LogP contribution in [0.3, 0.4) is 0 Å². The maximum Gasteiger partial charge on any atom is 0.229 e. The van der Waals surface area contributed by atoms with Gasteiger partial charge in [0.1, 0.15) is 5.69 Å². The summed E-state index contributed by atoms with van der Waals surface area (Å²) in [5.41, 5.74) is -1.33. The first kappa shape index (κ1) is 12.7. The number of rotatable bonds is 1. The van der Waals surface area contributed by atoms with Crippen molar-refractivity contribution in [3.05, 3.63) is 29.1 Å². The Hall–Kier alpha value is -1.70. The number of nitrogens with zero attached hydrogens (tertiary/aromatic N) is 1. The summed E-state index contributed by atoms with van der Waals surface area (Å²) in [6.45, 7) is -0.517. The van der Waals surface area contributed by atoms with Gasteiger partial charge in [-0.1, -0.05) is 0 Å². The van der Waals surface area contributed by atoms with Crippen LogP contribution in [-0.2, 0) is 4.79 Å². The Morgan fingerprint density at radius 2 is 1.39 bits per heavy atom. The second-order valence-electron chi connectivity index (χ2n) is 3.78. The molecule has 1 fully saturated rings. The zero-order chi connectivity index (χ0) is 13.6. The molecule has 1 heterocycles. The van der Waals surface area contributed by atoms with Gasteiger partial charge >= 0.3 is 0 Å². The molecule has 18 heavy (non-hydrogen) atoms. The van der Waals surface area contributed by atoms with Crippen LogP contribution >= 0.6 is 0 Å². The summed E-state index contributed by atoms with van der Waals surface area (Å²) in [4.78, 5) is 11.6. The van der Waals surface area contributed by atoms with E-state index in [9.17, 15) is 26.7 Å². The van der Waals surface area contributed by atoms with Crippen LogP contribution in [0.1, 0.15) is 6.42 Å². The molecule has 0 radical (unpaired) electrons. The maximum atomic E-state index is 13.4. The van der Waals surface area contributed by atoms with Gasteiger partial charge in [0, 0.05) is 0 Å². The zero-order valence-corrected chi connectivity index (χ0v) is 8.68. The fourth-order valence-electron chi connectivity index (χ4n) is 1.74. The van der Waals surface area contributed by atoms with Crippen molar-refractivity contribution >= 4 is 11.6 Å². The first-order chi connectivity index (χ1) is 8.34. The molecule has 0 aromatic heterocycles. The number of anilines is 1. The molecule has 8 heteroatoms. The van der Waals surface area contributed by atoms with Crippen LogP contribution in [0.4, 0.5) is 27.6 Å². The summed E-state index contributed by atoms with van der Waals surface area (Å²) in [6.07, 6.45) is -1.63. The Morgan fingerprint density at radius 1 is 0.944 bits per heavy atom. The Morgan fingerprint density at radius 3 is 1.78 bits per heavy atom. The molecule has 3 nitrogen and oxygen atoms in total. The lowest BCUT2D eigenvalue weighted by Crippen LogP contribution is -2.28. The highest BCUT2D eigenvalue weighted by molar-refractivity contribution is 5.96. The van der Waals surface area contributed by atoms with Crippen molar-refractivity contribution in [2.24, 2.45) is 0 Å². The Kier molecular flexibility index (Phi) is 2.97. The van der Waals surface area contributed by atoms with E-state index < -0.39 is 59.8 Å². The van der Waals surface area contributed by atoms with E-state index in [1.807, 2.05) is 0 Å². The number of aliphatic hydroxyl groups is 1. The van der Waals surface area contributed by atoms with Gasteiger partial charge in [-0.2, -0.15) is 0 Å². The van der Waals surface area contributed by atoms with E-state index in [2.05, 4.69) is 0 Å². The first-order valence-corrected chi connectivity index (χ1v) is 4.84. The maximum absolute atomic E-state index is 13.4. The third-order valence-electron chi connectivity index (χ3n) is 2.56. The topological polar surface area (TPSA) is 40.5 Å². The van der Waals surface area contributed by atoms with E-state index in [1.54, 1.807) is 0 Å². The number of carbonyl (C=O) groups is 1. The summed E-state index contributed by atoms with van der Waals surface area (Å²) in [7, 11) is 0. The van der Waals surface area contributed by atoms with Crippen molar-refractivity contribution in [3.8, 4) is 0 Å². The molecular formula is C10H6F5NO2. The van der Waals surface area contributed by atoms with E-state index in [0.717, 1.165) is 0 Å². The van der Waals surface area contributed by atoms with Crippen molar-refractivity contribution in [2.45, 2.75) is 12.5 Å². The fourth-order valence-corrected chi connectivity index (χ4v) is 1.74. The Labute approximate surface area is 97.4 Å². The second-order valence-corrected chi connectivity index (χ2v) is 3.78. The van der Waals surface area contributed by atoms with Gasteiger partial charge < -0.3 is 10.0 Å². The number of hydrogen-bond donors (Lipinski definition) is 1. The van der Waals surface area contributed by atoms with Crippen LogP contribution in [-0.4, -0.2) is 23.7 Å². The van der Waals surface area contributed by atoms with Crippen LogP contribution < -0.4 is 4.90 Å². The largest absolute Gasteiger partial charge is 0.391 e. The second kappa shape index (κ2) is 4.20. The fraction of sp³-hybridized carbons (Fsp3) is 0.300. The standard InChI is InChI=1S/C10H6F5NO2/c11-5-6(12)8(14)10(9(15)7(5)13)16-2-3(17)1-4(16)18/h3,17H,1-2H2. The van der Waals surface area contributed by atoms with Crippen LogP contribution in [0.15, 0.2) is 0 Å². The van der Waals surface area contributed by atoms with Crippen molar-refractivity contribution < 1.29 is 31.9 Å². The summed E-state index contributed by atoms with van der Waals surface area (Å²) >= 11 is 0. The minimum Gasteiger partial charge on any atom is -0.391 e. The quantitative estimate of drug-likeness (QED) is 0.475. The average molecular weight is 267 g/mol. The molecule has 0 spiro atoms. The van der Waals surface area contributed by atoms with Gasteiger partial charge in [0.25, 0.3) is 0 Å². The zero-order valence-electron chi connectivity index (χ0n) is 8.68. The molecule has 1 N–H and O–H groups in total. The summed E-state index contributed by atoms with van der Waals surface area (Å²) in [6, 6.07) is 0. The highest BCUT2D eigenvalue weighted by Gasteiger charge is 2.36. The Balaban J connectivity index is 2.62. The van der Waals surface area contributed by atoms with E-state index in [4.69, 9.17) is 5.11 Å². The van der Waals surface area contributed by atoms with Gasteiger partial charge in [-0.3, -0.25) is 4.79 Å². The molecule has 1 aliphatic rings. The number of aliphatic hydroxyl groups excluding tert-OH is 1. The summed E-state index contributed by atoms with van der Waals surface area (Å²) in [5, 5.41) is 9.14. The normalized spacial score (nSPS) is 19.8. The molecule has 1 amide bonds. The van der Waals surface area contributed by atoms with E-state index in [-0.39, 0.29) is 0 Å². The molecule has 1 atom stereocenters. The van der Waals surface area contributed by atoms with Gasteiger partial charge in [-0.05, 0) is 0 Å². The number of hydrogen-bond acceptors (Lipinski definition) is 2. The number of β-amino-alcohol motifs (C(OH)–C–C–N with tert-alkyl or cyclic N) is 1. The molecular weight excluding hydrogens is 261 g/mol. The summed E-state index contributed by atoms with van der Waals surface area (Å²) < 4.78 is 65.3. The van der Waals surface area contributed by atoms with Gasteiger partial charge in [0.15, 0.2) is 23.3 Å². The van der Waals surface area contributed by atoms with Gasteiger partial charge in [0.2, 0.25) is 11.7 Å². The number of amides is 1. The van der Waals surface area contributed by atoms with Crippen LogP contribution in [0.2, 0.25) is 0 Å². The smallest absolute Gasteiger partial charge is 0.229 e. The SMILES string of the molecule is O=C1CC(O)CN1c1c(F)c(F)c(F)c(F)c1F. The van der Waals surface area contributed by atoms with Crippen LogP contribution in [0.5, 0.6) is 0 Å². The molecule has 2 rings (SSSR count). The predicted molar refractivity (Wildman–Crippen MR) is 49.2 cm³/mol. The monoisotopic (exact) mass is 267 g/mol. The molecule has 0 bridgehead atoms. The lowest BCUT2D eigenvalue weighted by atomic mass is 10.2. The average Bonchev–Trinajstić information content (AvgIpc) is 2.64. The van der Waals surface area contributed by atoms with Crippen molar-refractivity contribution in [2.75, 3.05) is 11.4 Å². The van der Waals surface area contributed by atoms with Crippen molar-refractivity contribution in [1.29, 1.82) is 0 Å². The van der Waals surface area contributed by atoms with E-state index in [0.29, 0.717) is 4.90 Å². The van der Waals surface area contributed by atoms with Crippen LogP contribution in [0, 0.1) is 29.1 Å². The highest BCUT2D eigenvalue weighted by Crippen LogP contribution is 2.32. The third kappa shape index (κ3) is 1.72. The van der Waals surface area contributed by atoms with E-state index >= 15 is 0 Å². The lowest BCUT2D eigenvalue weighted by molar-refractivity contribution is -0.117. The molecule has 1 aromatic rings. The summed E-state index contributed by atoms with van der Waals surface area (Å²) in [5.74, 6) is -11.6. The van der Waals surface area contributed by atoms with Gasteiger partial charge in [-0.25, -0.2) is 22.0 Å². The van der Waals surface area contributed by atoms with Crippen molar-refractivity contribution in [1.82, 2.24) is 0 Å². The van der Waals surface area contributed by atoms with Crippen LogP contribution in [0.25, 0.3) is 0 Å². The molecule has 1 aromatic carbocycles. The molecule has 98 valence electrons. The van der Waals surface area contributed by atoms with E-state index in [1.165, 1.54) is 0 Å². The Bertz CT molecular complexity index is 504. The van der Waals surface area contributed by atoms with Gasteiger partial charge in [-0.15, -0.1) is 0 Å². The number of halogens is 5.